The van der Waals surface area contributed by atoms with E-state index in [4.69, 9.17) is 4.74 Å². The molecule has 1 aromatic heterocycles. The fourth-order valence-electron chi connectivity index (χ4n) is 3.10. The minimum atomic E-state index is -0.524. The molecule has 138 valence electrons. The van der Waals surface area contributed by atoms with E-state index >= 15 is 0 Å². The number of rotatable bonds is 6. The Morgan fingerprint density at radius 1 is 1.35 bits per heavy atom. The largest absolute Gasteiger partial charge is 0.484 e. The molecular weight excluding hydrogens is 332 g/mol. The molecule has 3 rings (SSSR count). The van der Waals surface area contributed by atoms with Crippen molar-refractivity contribution in [3.8, 4) is 5.75 Å². The van der Waals surface area contributed by atoms with Gasteiger partial charge in [0.15, 0.2) is 6.61 Å². The molecule has 2 amide bonds. The highest BCUT2D eigenvalue weighted by Gasteiger charge is 2.35. The Hall–Kier alpha value is -2.83. The molecule has 1 fully saturated rings. The van der Waals surface area contributed by atoms with Crippen molar-refractivity contribution in [3.05, 3.63) is 41.6 Å². The van der Waals surface area contributed by atoms with Crippen LogP contribution in [0.3, 0.4) is 0 Å². The molecule has 1 N–H and O–H groups in total. The van der Waals surface area contributed by atoms with E-state index in [2.05, 4.69) is 17.3 Å². The lowest BCUT2D eigenvalue weighted by molar-refractivity contribution is -0.127. The number of hydrogen-bond acceptors (Lipinski definition) is 4. The number of aromatic nitrogens is 2. The van der Waals surface area contributed by atoms with E-state index in [0.717, 1.165) is 17.9 Å². The molecule has 1 unspecified atom stereocenters. The van der Waals surface area contributed by atoms with Crippen LogP contribution in [0.5, 0.6) is 5.75 Å². The molecule has 2 aromatic rings. The molecule has 0 radical (unpaired) electrons. The molecule has 26 heavy (non-hydrogen) atoms. The first-order chi connectivity index (χ1) is 12.5. The average molecular weight is 356 g/mol. The topological polar surface area (TPSA) is 76.5 Å². The second-order valence-electron chi connectivity index (χ2n) is 6.45. The summed E-state index contributed by atoms with van der Waals surface area (Å²) in [7, 11) is 1.80. The van der Waals surface area contributed by atoms with E-state index < -0.39 is 6.04 Å². The average Bonchev–Trinajstić information content (AvgIpc) is 3.15. The standard InChI is InChI=1S/C19H24N4O3/c1-4-14-5-7-15(8-6-14)26-12-17(24)20-16-9-10-23(19(16)25)18-11-13(2)21-22(18)3/h5-8,11,16H,4,9-10,12H2,1-3H3,(H,20,24). The summed E-state index contributed by atoms with van der Waals surface area (Å²) in [5.74, 6) is 0.971. The molecule has 1 saturated heterocycles. The maximum Gasteiger partial charge on any atom is 0.258 e. The number of hydrogen-bond donors (Lipinski definition) is 1. The van der Waals surface area contributed by atoms with Crippen molar-refractivity contribution in [1.82, 2.24) is 15.1 Å². The van der Waals surface area contributed by atoms with E-state index in [1.165, 1.54) is 5.56 Å². The first kappa shape index (κ1) is 18.0. The summed E-state index contributed by atoms with van der Waals surface area (Å²) < 4.78 is 7.18. The van der Waals surface area contributed by atoms with Gasteiger partial charge in [0.05, 0.1) is 5.69 Å². The molecule has 1 aliphatic heterocycles. The predicted molar refractivity (Wildman–Crippen MR) is 98.2 cm³/mol. The Balaban J connectivity index is 1.53. The molecule has 0 saturated carbocycles. The van der Waals surface area contributed by atoms with Crippen LogP contribution >= 0.6 is 0 Å². The zero-order chi connectivity index (χ0) is 18.7. The molecule has 0 bridgehead atoms. The molecule has 1 aromatic carbocycles. The van der Waals surface area contributed by atoms with Crippen LogP contribution in [-0.4, -0.2) is 40.8 Å². The summed E-state index contributed by atoms with van der Waals surface area (Å²) in [6.45, 7) is 4.41. The second kappa shape index (κ2) is 7.59. The number of anilines is 1. The van der Waals surface area contributed by atoms with Gasteiger partial charge in [0.1, 0.15) is 17.6 Å². The van der Waals surface area contributed by atoms with E-state index in [9.17, 15) is 9.59 Å². The van der Waals surface area contributed by atoms with Crippen LogP contribution in [-0.2, 0) is 23.1 Å². The summed E-state index contributed by atoms with van der Waals surface area (Å²) in [6.07, 6.45) is 1.53. The van der Waals surface area contributed by atoms with E-state index in [0.29, 0.717) is 18.7 Å². The zero-order valence-corrected chi connectivity index (χ0v) is 15.4. The van der Waals surface area contributed by atoms with Gasteiger partial charge < -0.3 is 10.1 Å². The molecule has 2 heterocycles. The number of aryl methyl sites for hydroxylation is 3. The number of carbonyl (C=O) groups excluding carboxylic acids is 2. The van der Waals surface area contributed by atoms with E-state index in [1.807, 2.05) is 37.3 Å². The molecule has 0 aliphatic carbocycles. The Kier molecular flexibility index (Phi) is 5.25. The molecule has 1 aliphatic rings. The zero-order valence-electron chi connectivity index (χ0n) is 15.4. The number of carbonyl (C=O) groups is 2. The van der Waals surface area contributed by atoms with Crippen molar-refractivity contribution in [2.75, 3.05) is 18.1 Å². The predicted octanol–water partition coefficient (Wildman–Crippen LogP) is 1.59. The quantitative estimate of drug-likeness (QED) is 0.853. The summed E-state index contributed by atoms with van der Waals surface area (Å²) in [5, 5.41) is 7.03. The monoisotopic (exact) mass is 356 g/mol. The number of amides is 2. The van der Waals surface area contributed by atoms with Gasteiger partial charge in [-0.2, -0.15) is 5.10 Å². The minimum Gasteiger partial charge on any atom is -0.484 e. The smallest absolute Gasteiger partial charge is 0.258 e. The maximum atomic E-state index is 12.6. The summed E-state index contributed by atoms with van der Waals surface area (Å²) in [4.78, 5) is 26.4. The molecule has 1 atom stereocenters. The summed E-state index contributed by atoms with van der Waals surface area (Å²) in [6, 6.07) is 8.98. The third-order valence-electron chi connectivity index (χ3n) is 4.50. The highest BCUT2D eigenvalue weighted by molar-refractivity contribution is 6.00. The normalized spacial score (nSPS) is 16.8. The van der Waals surface area contributed by atoms with Crippen molar-refractivity contribution < 1.29 is 14.3 Å². The Morgan fingerprint density at radius 2 is 2.08 bits per heavy atom. The van der Waals surface area contributed by atoms with Crippen LogP contribution in [0, 0.1) is 6.92 Å². The van der Waals surface area contributed by atoms with Gasteiger partial charge in [0, 0.05) is 19.7 Å². The third-order valence-corrected chi connectivity index (χ3v) is 4.50. The lowest BCUT2D eigenvalue weighted by Gasteiger charge is -2.17. The molecular formula is C19H24N4O3. The number of ether oxygens (including phenoxy) is 1. The van der Waals surface area contributed by atoms with Crippen molar-refractivity contribution in [2.24, 2.45) is 7.05 Å². The number of benzene rings is 1. The van der Waals surface area contributed by atoms with E-state index in [-0.39, 0.29) is 18.4 Å². The van der Waals surface area contributed by atoms with Crippen LogP contribution in [0.2, 0.25) is 0 Å². The van der Waals surface area contributed by atoms with Gasteiger partial charge in [-0.3, -0.25) is 19.2 Å². The van der Waals surface area contributed by atoms with Crippen LogP contribution in [0.15, 0.2) is 30.3 Å². The van der Waals surface area contributed by atoms with Gasteiger partial charge in [-0.25, -0.2) is 0 Å². The van der Waals surface area contributed by atoms with Crippen molar-refractivity contribution in [1.29, 1.82) is 0 Å². The first-order valence-corrected chi connectivity index (χ1v) is 8.81. The van der Waals surface area contributed by atoms with Crippen LogP contribution < -0.4 is 15.0 Å². The lowest BCUT2D eigenvalue weighted by atomic mass is 10.2. The molecule has 7 nitrogen and oxygen atoms in total. The van der Waals surface area contributed by atoms with Crippen molar-refractivity contribution >= 4 is 17.6 Å². The van der Waals surface area contributed by atoms with Gasteiger partial charge in [-0.05, 0) is 37.5 Å². The first-order valence-electron chi connectivity index (χ1n) is 8.81. The number of nitrogens with zero attached hydrogens (tertiary/aromatic N) is 3. The highest BCUT2D eigenvalue weighted by Crippen LogP contribution is 2.22. The van der Waals surface area contributed by atoms with Gasteiger partial charge >= 0.3 is 0 Å². The maximum absolute atomic E-state index is 12.6. The summed E-state index contributed by atoms with van der Waals surface area (Å²) >= 11 is 0. The van der Waals surface area contributed by atoms with E-state index in [1.54, 1.807) is 16.6 Å². The number of nitrogens with one attached hydrogen (secondary N) is 1. The highest BCUT2D eigenvalue weighted by atomic mass is 16.5. The second-order valence-corrected chi connectivity index (χ2v) is 6.45. The van der Waals surface area contributed by atoms with Gasteiger partial charge in [-0.1, -0.05) is 19.1 Å². The van der Waals surface area contributed by atoms with Crippen LogP contribution in [0.4, 0.5) is 5.82 Å². The Labute approximate surface area is 152 Å². The SMILES string of the molecule is CCc1ccc(OCC(=O)NC2CCN(c3cc(C)nn3C)C2=O)cc1. The van der Waals surface area contributed by atoms with Crippen LogP contribution in [0.1, 0.15) is 24.6 Å². The Morgan fingerprint density at radius 3 is 2.69 bits per heavy atom. The third kappa shape index (κ3) is 3.87. The van der Waals surface area contributed by atoms with Crippen LogP contribution in [0.25, 0.3) is 0 Å². The van der Waals surface area contributed by atoms with Crippen molar-refractivity contribution in [2.45, 2.75) is 32.7 Å². The molecule has 0 spiro atoms. The van der Waals surface area contributed by atoms with Gasteiger partial charge in [0.25, 0.3) is 11.8 Å². The van der Waals surface area contributed by atoms with Crippen molar-refractivity contribution in [3.63, 3.8) is 0 Å². The summed E-state index contributed by atoms with van der Waals surface area (Å²) in [5.41, 5.74) is 2.06. The minimum absolute atomic E-state index is 0.111. The molecule has 7 heteroatoms. The van der Waals surface area contributed by atoms with Gasteiger partial charge in [-0.15, -0.1) is 0 Å². The lowest BCUT2D eigenvalue weighted by Crippen LogP contribution is -2.43. The fourth-order valence-corrected chi connectivity index (χ4v) is 3.10. The van der Waals surface area contributed by atoms with Gasteiger partial charge in [0.2, 0.25) is 0 Å². The Bertz CT molecular complexity index is 798. The fraction of sp³-hybridized carbons (Fsp3) is 0.421.